The van der Waals surface area contributed by atoms with Gasteiger partial charge in [0.05, 0.1) is 0 Å². The molecule has 1 aliphatic heterocycles. The van der Waals surface area contributed by atoms with Gasteiger partial charge in [0.1, 0.15) is 0 Å². The van der Waals surface area contributed by atoms with E-state index < -0.39 is 0 Å². The average Bonchev–Trinajstić information content (AvgIpc) is 2.92. The van der Waals surface area contributed by atoms with E-state index in [0.717, 1.165) is 11.8 Å². The summed E-state index contributed by atoms with van der Waals surface area (Å²) in [7, 11) is 0. The molecule has 3 heteroatoms. The van der Waals surface area contributed by atoms with E-state index in [1.807, 2.05) is 11.8 Å². The highest BCUT2D eigenvalue weighted by atomic mass is 32.2. The van der Waals surface area contributed by atoms with Crippen molar-refractivity contribution in [2.24, 2.45) is 5.92 Å². The van der Waals surface area contributed by atoms with Gasteiger partial charge in [-0.2, -0.15) is 11.8 Å². The van der Waals surface area contributed by atoms with Crippen LogP contribution < -0.4 is 0 Å². The van der Waals surface area contributed by atoms with Crippen molar-refractivity contribution in [2.75, 3.05) is 25.1 Å². The average molecular weight is 300 g/mol. The number of aromatic amines is 1. The van der Waals surface area contributed by atoms with Gasteiger partial charge in [0.15, 0.2) is 0 Å². The third kappa shape index (κ3) is 2.13. The fraction of sp³-hybridized carbons (Fsp3) is 0.556. The summed E-state index contributed by atoms with van der Waals surface area (Å²) in [5, 5.41) is 1.53. The molecular formula is C18H24N2S. The Kier molecular flexibility index (Phi) is 3.50. The molecule has 1 aromatic carbocycles. The van der Waals surface area contributed by atoms with Gasteiger partial charge in [-0.25, -0.2) is 0 Å². The Balaban J connectivity index is 1.78. The molecule has 1 fully saturated rings. The number of likely N-dealkylation sites (N-methyl/N-ethyl adjacent to an activating group) is 1. The van der Waals surface area contributed by atoms with Crippen molar-refractivity contribution >= 4 is 22.7 Å². The lowest BCUT2D eigenvalue weighted by Crippen LogP contribution is -2.50. The summed E-state index contributed by atoms with van der Waals surface area (Å²) in [6.07, 6.45) is 7.08. The zero-order chi connectivity index (χ0) is 14.4. The van der Waals surface area contributed by atoms with Crippen molar-refractivity contribution < 1.29 is 0 Å². The Hall–Kier alpha value is -0.930. The molecule has 1 aromatic heterocycles. The van der Waals surface area contributed by atoms with Gasteiger partial charge < -0.3 is 4.98 Å². The molecule has 2 nitrogen and oxygen atoms in total. The standard InChI is InChI=1S/C18H24N2S/c1-3-20-10-12(11-21-2)7-15-14-5-4-6-16-18(14)13(9-19-16)8-17(15)20/h4-6,9,12,15,17,19H,3,7-8,10-11H2,1-2H3/t12?,15-,17-/m1/s1. The molecule has 0 saturated carbocycles. The molecule has 4 rings (SSSR count). The predicted molar refractivity (Wildman–Crippen MR) is 92.3 cm³/mol. The normalized spacial score (nSPS) is 28.8. The Morgan fingerprint density at radius 2 is 2.29 bits per heavy atom. The highest BCUT2D eigenvalue weighted by molar-refractivity contribution is 7.98. The second kappa shape index (κ2) is 5.36. The van der Waals surface area contributed by atoms with Gasteiger partial charge in [-0.05, 0) is 54.5 Å². The summed E-state index contributed by atoms with van der Waals surface area (Å²) in [5.41, 5.74) is 4.46. The summed E-state index contributed by atoms with van der Waals surface area (Å²) in [6.45, 7) is 4.79. The molecular weight excluding hydrogens is 276 g/mol. The summed E-state index contributed by atoms with van der Waals surface area (Å²) < 4.78 is 0. The first-order valence-corrected chi connectivity index (χ1v) is 9.53. The van der Waals surface area contributed by atoms with Crippen LogP contribution in [-0.4, -0.2) is 41.0 Å². The van der Waals surface area contributed by atoms with Crippen molar-refractivity contribution in [2.45, 2.75) is 31.7 Å². The molecule has 2 heterocycles. The first-order valence-electron chi connectivity index (χ1n) is 8.13. The van der Waals surface area contributed by atoms with Crippen LogP contribution in [0.1, 0.15) is 30.4 Å². The Morgan fingerprint density at radius 3 is 3.10 bits per heavy atom. The number of hydrogen-bond donors (Lipinski definition) is 1. The van der Waals surface area contributed by atoms with E-state index in [9.17, 15) is 0 Å². The minimum atomic E-state index is 0.710. The lowest BCUT2D eigenvalue weighted by atomic mass is 9.72. The van der Waals surface area contributed by atoms with Crippen LogP contribution in [0.4, 0.5) is 0 Å². The number of H-pyrrole nitrogens is 1. The molecule has 1 unspecified atom stereocenters. The van der Waals surface area contributed by atoms with Crippen LogP contribution in [0.3, 0.4) is 0 Å². The second-order valence-electron chi connectivity index (χ2n) is 6.61. The van der Waals surface area contributed by atoms with Crippen LogP contribution in [0.25, 0.3) is 10.9 Å². The summed E-state index contributed by atoms with van der Waals surface area (Å²) in [5.74, 6) is 2.87. The van der Waals surface area contributed by atoms with Crippen LogP contribution in [0.15, 0.2) is 24.4 Å². The van der Waals surface area contributed by atoms with Gasteiger partial charge in [0.2, 0.25) is 0 Å². The van der Waals surface area contributed by atoms with Crippen molar-refractivity contribution in [3.63, 3.8) is 0 Å². The van der Waals surface area contributed by atoms with Gasteiger partial charge in [-0.1, -0.05) is 19.1 Å². The van der Waals surface area contributed by atoms with Crippen molar-refractivity contribution in [1.82, 2.24) is 9.88 Å². The van der Waals surface area contributed by atoms with Crippen LogP contribution in [-0.2, 0) is 6.42 Å². The maximum absolute atomic E-state index is 3.48. The smallest absolute Gasteiger partial charge is 0.0459 e. The summed E-state index contributed by atoms with van der Waals surface area (Å²) in [4.78, 5) is 6.22. The monoisotopic (exact) mass is 300 g/mol. The molecule has 2 aliphatic rings. The van der Waals surface area contributed by atoms with Gasteiger partial charge >= 0.3 is 0 Å². The minimum absolute atomic E-state index is 0.710. The highest BCUT2D eigenvalue weighted by Crippen LogP contribution is 2.44. The summed E-state index contributed by atoms with van der Waals surface area (Å²) in [6, 6.07) is 7.55. The lowest BCUT2D eigenvalue weighted by Gasteiger charge is -2.47. The van der Waals surface area contributed by atoms with Gasteiger partial charge in [0, 0.05) is 35.6 Å². The van der Waals surface area contributed by atoms with E-state index in [1.165, 1.54) is 48.2 Å². The van der Waals surface area contributed by atoms with Crippen molar-refractivity contribution in [1.29, 1.82) is 0 Å². The number of benzene rings is 1. The van der Waals surface area contributed by atoms with Crippen LogP contribution in [0.5, 0.6) is 0 Å². The summed E-state index contributed by atoms with van der Waals surface area (Å²) >= 11 is 2.01. The molecule has 0 amide bonds. The van der Waals surface area contributed by atoms with E-state index in [0.29, 0.717) is 6.04 Å². The molecule has 1 aliphatic carbocycles. The second-order valence-corrected chi connectivity index (χ2v) is 7.52. The van der Waals surface area contributed by atoms with Crippen molar-refractivity contribution in [3.05, 3.63) is 35.5 Å². The quantitative estimate of drug-likeness (QED) is 0.927. The van der Waals surface area contributed by atoms with Crippen molar-refractivity contribution in [3.8, 4) is 0 Å². The van der Waals surface area contributed by atoms with Gasteiger partial charge in [0.25, 0.3) is 0 Å². The maximum Gasteiger partial charge on any atom is 0.0459 e. The number of likely N-dealkylation sites (tertiary alicyclic amines) is 1. The minimum Gasteiger partial charge on any atom is -0.361 e. The van der Waals surface area contributed by atoms with Crippen LogP contribution in [0.2, 0.25) is 0 Å². The van der Waals surface area contributed by atoms with E-state index in [2.05, 4.69) is 47.5 Å². The number of thioether (sulfide) groups is 1. The third-order valence-electron chi connectivity index (χ3n) is 5.47. The number of aromatic nitrogens is 1. The number of nitrogens with one attached hydrogen (secondary N) is 1. The lowest BCUT2D eigenvalue weighted by molar-refractivity contribution is 0.0984. The van der Waals surface area contributed by atoms with E-state index in [4.69, 9.17) is 0 Å². The number of nitrogens with zero attached hydrogens (tertiary/aromatic N) is 1. The number of rotatable bonds is 3. The van der Waals surface area contributed by atoms with Gasteiger partial charge in [-0.15, -0.1) is 0 Å². The molecule has 112 valence electrons. The first-order chi connectivity index (χ1) is 10.3. The third-order valence-corrected chi connectivity index (χ3v) is 6.27. The molecule has 1 saturated heterocycles. The topological polar surface area (TPSA) is 19.0 Å². The molecule has 21 heavy (non-hydrogen) atoms. The highest BCUT2D eigenvalue weighted by Gasteiger charge is 2.39. The SMILES string of the molecule is CCN1CC(CSC)C[C@@H]2c3cccc4[nH]cc(c34)C[C@H]21. The Bertz CT molecular complexity index is 648. The zero-order valence-electron chi connectivity index (χ0n) is 12.9. The molecule has 1 N–H and O–H groups in total. The Morgan fingerprint density at radius 1 is 1.38 bits per heavy atom. The number of fused-ring (bicyclic) bond motifs is 2. The molecule has 3 atom stereocenters. The van der Waals surface area contributed by atoms with Gasteiger partial charge in [-0.3, -0.25) is 4.90 Å². The molecule has 2 aromatic rings. The molecule has 0 radical (unpaired) electrons. The van der Waals surface area contributed by atoms with E-state index in [-0.39, 0.29) is 0 Å². The molecule has 0 spiro atoms. The number of hydrogen-bond acceptors (Lipinski definition) is 2. The van der Waals surface area contributed by atoms with E-state index >= 15 is 0 Å². The fourth-order valence-corrected chi connectivity index (χ4v) is 5.33. The Labute approximate surface area is 131 Å². The van der Waals surface area contributed by atoms with E-state index in [1.54, 1.807) is 5.56 Å². The predicted octanol–water partition coefficient (Wildman–Crippen LogP) is 3.88. The largest absolute Gasteiger partial charge is 0.361 e. The first kappa shape index (κ1) is 13.7. The number of piperidine rings is 1. The van der Waals surface area contributed by atoms with Crippen LogP contribution >= 0.6 is 11.8 Å². The van der Waals surface area contributed by atoms with Crippen LogP contribution in [0, 0.1) is 5.92 Å². The maximum atomic E-state index is 3.48. The fourth-order valence-electron chi connectivity index (χ4n) is 4.62. The zero-order valence-corrected chi connectivity index (χ0v) is 13.7. The molecule has 0 bridgehead atoms.